The lowest BCUT2D eigenvalue weighted by Gasteiger charge is -2.22. The van der Waals surface area contributed by atoms with Crippen molar-refractivity contribution in [3.63, 3.8) is 0 Å². The van der Waals surface area contributed by atoms with Crippen LogP contribution in [0.2, 0.25) is 5.31 Å². The van der Waals surface area contributed by atoms with E-state index >= 15 is 0 Å². The van der Waals surface area contributed by atoms with Crippen LogP contribution in [0.5, 0.6) is 0 Å². The number of unbranched alkanes of at least 4 members (excludes halogenated alkanes) is 3. The fraction of sp³-hybridized carbons (Fsp3) is 0.643. The number of aromatic nitrogens is 1. The van der Waals surface area contributed by atoms with Crippen molar-refractivity contribution >= 4 is 12.9 Å². The monoisotopic (exact) mass is 217 g/mol. The largest absolute Gasteiger partial charge is 0.272 e. The van der Waals surface area contributed by atoms with E-state index in [-0.39, 0.29) is 0 Å². The summed E-state index contributed by atoms with van der Waals surface area (Å²) >= 11 is 0. The minimum atomic E-state index is 0.391. The summed E-state index contributed by atoms with van der Waals surface area (Å²) in [6, 6.07) is 6.20. The molecular weight excluding hydrogens is 193 g/mol. The lowest BCUT2D eigenvalue weighted by atomic mass is 9.50. The van der Waals surface area contributed by atoms with Gasteiger partial charge in [0.2, 0.25) is 0 Å². The molecule has 1 nitrogen and oxygen atoms in total. The Balaban J connectivity index is 2.33. The Hall–Kier alpha value is -0.785. The first-order valence-electron chi connectivity index (χ1n) is 6.54. The van der Waals surface area contributed by atoms with Crippen LogP contribution in [0, 0.1) is 0 Å². The molecule has 0 saturated carbocycles. The zero-order chi connectivity index (χ0) is 11.9. The highest BCUT2D eigenvalue weighted by Crippen LogP contribution is 2.29. The molecule has 0 bridgehead atoms. The molecular formula is C14H24BN. The molecule has 0 spiro atoms. The summed E-state index contributed by atoms with van der Waals surface area (Å²) in [4.78, 5) is 4.41. The lowest BCUT2D eigenvalue weighted by Crippen LogP contribution is -2.27. The number of hydrogen-bond donors (Lipinski definition) is 0. The van der Waals surface area contributed by atoms with Gasteiger partial charge >= 0.3 is 0 Å². The molecule has 0 saturated heterocycles. The first-order chi connectivity index (χ1) is 7.64. The van der Waals surface area contributed by atoms with Gasteiger partial charge in [-0.15, -0.1) is 0 Å². The van der Waals surface area contributed by atoms with E-state index in [1.54, 1.807) is 0 Å². The van der Waals surface area contributed by atoms with E-state index in [0.717, 1.165) is 7.28 Å². The van der Waals surface area contributed by atoms with Crippen LogP contribution in [0.4, 0.5) is 0 Å². The number of nitrogens with zero attached hydrogens (tertiary/aromatic N) is 1. The summed E-state index contributed by atoms with van der Waals surface area (Å²) in [7, 11) is 1.10. The molecule has 2 heteroatoms. The van der Waals surface area contributed by atoms with Crippen LogP contribution < -0.4 is 5.59 Å². The van der Waals surface area contributed by atoms with Crippen LogP contribution >= 0.6 is 0 Å². The van der Waals surface area contributed by atoms with Crippen LogP contribution in [0.1, 0.15) is 52.9 Å². The van der Waals surface area contributed by atoms with E-state index in [0.29, 0.717) is 5.31 Å². The van der Waals surface area contributed by atoms with Crippen LogP contribution in [0.25, 0.3) is 0 Å². The van der Waals surface area contributed by atoms with Crippen molar-refractivity contribution in [3.05, 3.63) is 24.4 Å². The first kappa shape index (κ1) is 13.3. The zero-order valence-electron chi connectivity index (χ0n) is 11.0. The van der Waals surface area contributed by atoms with Gasteiger partial charge in [-0.05, 0) is 6.07 Å². The van der Waals surface area contributed by atoms with Crippen molar-refractivity contribution in [2.45, 2.75) is 58.2 Å². The molecule has 1 rings (SSSR count). The van der Waals surface area contributed by atoms with Crippen LogP contribution in [0.3, 0.4) is 0 Å². The van der Waals surface area contributed by atoms with Gasteiger partial charge < -0.3 is 0 Å². The number of hydrogen-bond acceptors (Lipinski definition) is 1. The second-order valence-corrected chi connectivity index (χ2v) is 5.47. The van der Waals surface area contributed by atoms with Crippen molar-refractivity contribution in [3.8, 4) is 0 Å². The molecule has 0 fully saturated rings. The second kappa shape index (κ2) is 6.72. The second-order valence-electron chi connectivity index (χ2n) is 5.47. The molecule has 0 N–H and O–H groups in total. The molecule has 1 aromatic rings. The highest BCUT2D eigenvalue weighted by molar-refractivity contribution is 6.55. The average Bonchev–Trinajstić information content (AvgIpc) is 2.25. The third kappa shape index (κ3) is 5.34. The van der Waals surface area contributed by atoms with Gasteiger partial charge in [0.25, 0.3) is 0 Å². The SMILES string of the molecule is CCCCCCC(C)(C)Bc1ccccn1. The van der Waals surface area contributed by atoms with Gasteiger partial charge in [-0.1, -0.05) is 70.3 Å². The average molecular weight is 217 g/mol. The van der Waals surface area contributed by atoms with Crippen LogP contribution in [-0.2, 0) is 0 Å². The molecule has 0 aliphatic carbocycles. The molecule has 0 unspecified atom stereocenters. The van der Waals surface area contributed by atoms with Gasteiger partial charge in [0.15, 0.2) is 7.28 Å². The van der Waals surface area contributed by atoms with Crippen molar-refractivity contribution in [2.24, 2.45) is 0 Å². The molecule has 88 valence electrons. The maximum Gasteiger partial charge on any atom is 0.188 e. The predicted molar refractivity (Wildman–Crippen MR) is 73.8 cm³/mol. The predicted octanol–water partition coefficient (Wildman–Crippen LogP) is 3.31. The molecule has 0 atom stereocenters. The minimum absolute atomic E-state index is 0.391. The topological polar surface area (TPSA) is 12.9 Å². The van der Waals surface area contributed by atoms with Gasteiger partial charge in [-0.3, -0.25) is 4.98 Å². The van der Waals surface area contributed by atoms with Crippen molar-refractivity contribution in [2.75, 3.05) is 0 Å². The fourth-order valence-electron chi connectivity index (χ4n) is 2.11. The van der Waals surface area contributed by atoms with E-state index in [9.17, 15) is 0 Å². The van der Waals surface area contributed by atoms with Crippen molar-refractivity contribution in [1.29, 1.82) is 0 Å². The quantitative estimate of drug-likeness (QED) is 0.504. The lowest BCUT2D eigenvalue weighted by molar-refractivity contribution is 0.539. The van der Waals surface area contributed by atoms with Gasteiger partial charge in [0.1, 0.15) is 0 Å². The fourth-order valence-corrected chi connectivity index (χ4v) is 2.11. The minimum Gasteiger partial charge on any atom is -0.272 e. The molecule has 1 aromatic heterocycles. The molecule has 0 amide bonds. The van der Waals surface area contributed by atoms with Gasteiger partial charge in [-0.2, -0.15) is 0 Å². The Morgan fingerprint density at radius 2 is 2.00 bits per heavy atom. The Labute approximate surface area is 101 Å². The number of pyridine rings is 1. The molecule has 0 aliphatic rings. The van der Waals surface area contributed by atoms with E-state index in [1.807, 2.05) is 12.3 Å². The van der Waals surface area contributed by atoms with Crippen LogP contribution in [-0.4, -0.2) is 12.3 Å². The van der Waals surface area contributed by atoms with E-state index in [1.165, 1.54) is 37.7 Å². The van der Waals surface area contributed by atoms with Gasteiger partial charge in [0, 0.05) is 11.8 Å². The zero-order valence-corrected chi connectivity index (χ0v) is 11.0. The first-order valence-corrected chi connectivity index (χ1v) is 6.54. The Morgan fingerprint density at radius 1 is 1.19 bits per heavy atom. The number of rotatable bonds is 7. The summed E-state index contributed by atoms with van der Waals surface area (Å²) in [5.74, 6) is 0. The van der Waals surface area contributed by atoms with E-state index < -0.39 is 0 Å². The van der Waals surface area contributed by atoms with Crippen LogP contribution in [0.15, 0.2) is 24.4 Å². The summed E-state index contributed by atoms with van der Waals surface area (Å²) < 4.78 is 0. The highest BCUT2D eigenvalue weighted by atomic mass is 14.6. The smallest absolute Gasteiger partial charge is 0.188 e. The molecule has 16 heavy (non-hydrogen) atoms. The Morgan fingerprint density at radius 3 is 2.62 bits per heavy atom. The van der Waals surface area contributed by atoms with Crippen molar-refractivity contribution < 1.29 is 0 Å². The summed E-state index contributed by atoms with van der Waals surface area (Å²) in [5.41, 5.74) is 1.22. The summed E-state index contributed by atoms with van der Waals surface area (Å²) in [6.45, 7) is 6.97. The summed E-state index contributed by atoms with van der Waals surface area (Å²) in [5, 5.41) is 0.391. The molecule has 0 radical (unpaired) electrons. The van der Waals surface area contributed by atoms with E-state index in [4.69, 9.17) is 0 Å². The Kier molecular flexibility index (Phi) is 5.58. The normalized spacial score (nSPS) is 11.4. The Bertz CT molecular complexity index is 282. The standard InChI is InChI=1S/C14H24BN/c1-4-5-6-8-11-14(2,3)15-13-10-7-9-12-16-13/h7,9-10,12,15H,4-6,8,11H2,1-3H3. The highest BCUT2D eigenvalue weighted by Gasteiger charge is 2.20. The van der Waals surface area contributed by atoms with Gasteiger partial charge in [-0.25, -0.2) is 0 Å². The van der Waals surface area contributed by atoms with Gasteiger partial charge in [0.05, 0.1) is 0 Å². The van der Waals surface area contributed by atoms with E-state index in [2.05, 4.69) is 37.9 Å². The molecule has 1 heterocycles. The third-order valence-corrected chi connectivity index (χ3v) is 3.09. The molecule has 0 aromatic carbocycles. The molecule has 0 aliphatic heterocycles. The maximum absolute atomic E-state index is 4.41. The maximum atomic E-state index is 4.41. The third-order valence-electron chi connectivity index (χ3n) is 3.09. The summed E-state index contributed by atoms with van der Waals surface area (Å²) in [6.07, 6.45) is 8.63. The van der Waals surface area contributed by atoms with Crippen molar-refractivity contribution in [1.82, 2.24) is 4.98 Å².